The van der Waals surface area contributed by atoms with Gasteiger partial charge in [0.1, 0.15) is 0 Å². The predicted octanol–water partition coefficient (Wildman–Crippen LogP) is 2.33. The maximum absolute atomic E-state index is 4.33. The summed E-state index contributed by atoms with van der Waals surface area (Å²) in [6, 6.07) is 3.99. The van der Waals surface area contributed by atoms with Gasteiger partial charge in [0.05, 0.1) is 5.69 Å². The molecule has 0 saturated carbocycles. The highest BCUT2D eigenvalue weighted by Crippen LogP contribution is 2.29. The first kappa shape index (κ1) is 13.1. The van der Waals surface area contributed by atoms with Gasteiger partial charge >= 0.3 is 0 Å². The van der Waals surface area contributed by atoms with E-state index in [4.69, 9.17) is 0 Å². The third-order valence-electron chi connectivity index (χ3n) is 2.23. The van der Waals surface area contributed by atoms with Crippen molar-refractivity contribution in [3.05, 3.63) is 24.0 Å². The van der Waals surface area contributed by atoms with Crippen LogP contribution in [0, 0.1) is 0 Å². The average molecular weight is 281 g/mol. The lowest BCUT2D eigenvalue weighted by atomic mass is 10.3. The number of rotatable bonds is 5. The molecule has 0 spiro atoms. The second-order valence-corrected chi connectivity index (χ2v) is 6.00. The number of hydrogen-bond acceptors (Lipinski definition) is 7. The molecule has 0 saturated heterocycles. The molecule has 2 aromatic rings. The maximum Gasteiger partial charge on any atom is 0.208 e. The first-order valence-electron chi connectivity index (χ1n) is 5.45. The van der Waals surface area contributed by atoms with Crippen molar-refractivity contribution in [2.45, 2.75) is 10.1 Å². The van der Waals surface area contributed by atoms with Gasteiger partial charge in [0.15, 0.2) is 4.34 Å². The van der Waals surface area contributed by atoms with E-state index in [1.165, 1.54) is 0 Å². The van der Waals surface area contributed by atoms with Gasteiger partial charge < -0.3 is 10.2 Å². The van der Waals surface area contributed by atoms with Crippen LogP contribution in [0.15, 0.2) is 22.7 Å². The Kier molecular flexibility index (Phi) is 4.38. The van der Waals surface area contributed by atoms with Gasteiger partial charge in [-0.2, -0.15) is 0 Å². The van der Waals surface area contributed by atoms with Crippen LogP contribution in [0.2, 0.25) is 0 Å². The topological polar surface area (TPSA) is 53.9 Å². The fourth-order valence-electron chi connectivity index (χ4n) is 1.29. The monoisotopic (exact) mass is 281 g/mol. The molecular weight excluding hydrogens is 266 g/mol. The minimum atomic E-state index is 0.803. The molecule has 0 bridgehead atoms. The molecule has 7 heteroatoms. The van der Waals surface area contributed by atoms with Crippen molar-refractivity contribution in [1.29, 1.82) is 0 Å². The van der Waals surface area contributed by atoms with E-state index in [9.17, 15) is 0 Å². The Morgan fingerprint density at radius 3 is 2.89 bits per heavy atom. The number of nitrogens with zero attached hydrogens (tertiary/aromatic N) is 4. The van der Waals surface area contributed by atoms with Crippen molar-refractivity contribution < 1.29 is 0 Å². The van der Waals surface area contributed by atoms with Crippen molar-refractivity contribution in [1.82, 2.24) is 15.2 Å². The van der Waals surface area contributed by atoms with Gasteiger partial charge in [0.25, 0.3) is 0 Å². The molecule has 0 aromatic carbocycles. The first-order valence-corrected chi connectivity index (χ1v) is 7.25. The van der Waals surface area contributed by atoms with Crippen LogP contribution in [0.5, 0.6) is 0 Å². The summed E-state index contributed by atoms with van der Waals surface area (Å²) in [5.74, 6) is 0.803. The summed E-state index contributed by atoms with van der Waals surface area (Å²) < 4.78 is 0.968. The molecule has 0 aliphatic rings. The standard InChI is InChI=1S/C11H15N5S2/c1-12-8-4-5-13-9(6-8)7-17-11-15-14-10(18-11)16(2)3/h4-6H,7H2,1-3H3,(H,12,13). The third-order valence-corrected chi connectivity index (χ3v) is 4.49. The second-order valence-electron chi connectivity index (χ2n) is 3.82. The molecule has 5 nitrogen and oxygen atoms in total. The molecule has 18 heavy (non-hydrogen) atoms. The van der Waals surface area contributed by atoms with Crippen LogP contribution in [-0.4, -0.2) is 36.3 Å². The van der Waals surface area contributed by atoms with Crippen LogP contribution in [-0.2, 0) is 5.75 Å². The summed E-state index contributed by atoms with van der Waals surface area (Å²) in [5, 5.41) is 12.3. The Hall–Kier alpha value is -1.34. The molecule has 2 aromatic heterocycles. The van der Waals surface area contributed by atoms with Gasteiger partial charge in [0, 0.05) is 38.8 Å². The lowest BCUT2D eigenvalue weighted by Gasteiger charge is -2.04. The third kappa shape index (κ3) is 3.33. The Morgan fingerprint density at radius 1 is 1.39 bits per heavy atom. The van der Waals surface area contributed by atoms with Crippen molar-refractivity contribution in [3.8, 4) is 0 Å². The number of pyridine rings is 1. The molecule has 2 rings (SSSR count). The van der Waals surface area contributed by atoms with Gasteiger partial charge in [0.2, 0.25) is 5.13 Å². The molecule has 0 radical (unpaired) electrons. The van der Waals surface area contributed by atoms with E-state index in [1.54, 1.807) is 23.1 Å². The van der Waals surface area contributed by atoms with Crippen molar-refractivity contribution in [2.24, 2.45) is 0 Å². The minimum Gasteiger partial charge on any atom is -0.388 e. The quantitative estimate of drug-likeness (QED) is 0.849. The molecule has 0 unspecified atom stereocenters. The summed E-state index contributed by atoms with van der Waals surface area (Å²) in [4.78, 5) is 6.29. The second kappa shape index (κ2) is 6.01. The molecule has 96 valence electrons. The molecule has 2 heterocycles. The summed E-state index contributed by atoms with van der Waals surface area (Å²) in [5.41, 5.74) is 2.11. The molecule has 0 fully saturated rings. The summed E-state index contributed by atoms with van der Waals surface area (Å²) in [7, 11) is 5.83. The van der Waals surface area contributed by atoms with Gasteiger partial charge in [-0.3, -0.25) is 4.98 Å². The van der Waals surface area contributed by atoms with Crippen LogP contribution >= 0.6 is 23.1 Å². The van der Waals surface area contributed by atoms with Crippen molar-refractivity contribution in [3.63, 3.8) is 0 Å². The summed E-state index contributed by atoms with van der Waals surface area (Å²) >= 11 is 3.25. The normalized spacial score (nSPS) is 10.4. The highest BCUT2D eigenvalue weighted by Gasteiger charge is 2.07. The van der Waals surface area contributed by atoms with Gasteiger partial charge in [-0.25, -0.2) is 0 Å². The summed E-state index contributed by atoms with van der Waals surface area (Å²) in [6.07, 6.45) is 1.81. The van der Waals surface area contributed by atoms with E-state index in [-0.39, 0.29) is 0 Å². The van der Waals surface area contributed by atoms with Crippen LogP contribution < -0.4 is 10.2 Å². The Balaban J connectivity index is 1.97. The number of hydrogen-bond donors (Lipinski definition) is 1. The lowest BCUT2D eigenvalue weighted by molar-refractivity contribution is 0.972. The van der Waals surface area contributed by atoms with Crippen molar-refractivity contribution in [2.75, 3.05) is 31.4 Å². The zero-order valence-corrected chi connectivity index (χ0v) is 12.2. The van der Waals surface area contributed by atoms with Gasteiger partial charge in [-0.05, 0) is 12.1 Å². The highest BCUT2D eigenvalue weighted by atomic mass is 32.2. The van der Waals surface area contributed by atoms with Crippen LogP contribution in [0.1, 0.15) is 5.69 Å². The van der Waals surface area contributed by atoms with E-state index >= 15 is 0 Å². The fourth-order valence-corrected chi connectivity index (χ4v) is 2.96. The molecule has 1 N–H and O–H groups in total. The van der Waals surface area contributed by atoms with Crippen molar-refractivity contribution >= 4 is 33.9 Å². The largest absolute Gasteiger partial charge is 0.388 e. The molecule has 0 atom stereocenters. The van der Waals surface area contributed by atoms with Crippen LogP contribution in [0.25, 0.3) is 0 Å². The Morgan fingerprint density at radius 2 is 2.22 bits per heavy atom. The smallest absolute Gasteiger partial charge is 0.208 e. The zero-order chi connectivity index (χ0) is 13.0. The number of anilines is 2. The van der Waals surface area contributed by atoms with E-state index < -0.39 is 0 Å². The Labute approximate surface area is 115 Å². The summed E-state index contributed by atoms with van der Waals surface area (Å²) in [6.45, 7) is 0. The minimum absolute atomic E-state index is 0.803. The first-order chi connectivity index (χ1) is 8.69. The van der Waals surface area contributed by atoms with Gasteiger partial charge in [-0.1, -0.05) is 23.1 Å². The van der Waals surface area contributed by atoms with Crippen LogP contribution in [0.4, 0.5) is 10.8 Å². The van der Waals surface area contributed by atoms with Crippen LogP contribution in [0.3, 0.4) is 0 Å². The molecule has 0 aliphatic carbocycles. The van der Waals surface area contributed by atoms with E-state index in [0.29, 0.717) is 0 Å². The maximum atomic E-state index is 4.33. The molecule has 0 amide bonds. The SMILES string of the molecule is CNc1ccnc(CSc2nnc(N(C)C)s2)c1. The van der Waals surface area contributed by atoms with E-state index in [2.05, 4.69) is 20.5 Å². The number of aromatic nitrogens is 3. The average Bonchev–Trinajstić information content (AvgIpc) is 2.85. The fraction of sp³-hybridized carbons (Fsp3) is 0.364. The number of thioether (sulfide) groups is 1. The van der Waals surface area contributed by atoms with Gasteiger partial charge in [-0.15, -0.1) is 10.2 Å². The zero-order valence-electron chi connectivity index (χ0n) is 10.5. The predicted molar refractivity (Wildman–Crippen MR) is 77.6 cm³/mol. The molecular formula is C11H15N5S2. The van der Waals surface area contributed by atoms with E-state index in [1.807, 2.05) is 44.4 Å². The Bertz CT molecular complexity index is 512. The molecule has 0 aliphatic heterocycles. The lowest BCUT2D eigenvalue weighted by Crippen LogP contribution is -2.07. The number of nitrogens with one attached hydrogen (secondary N) is 1. The highest BCUT2D eigenvalue weighted by molar-refractivity contribution is 8.00. The van der Waals surface area contributed by atoms with E-state index in [0.717, 1.165) is 26.6 Å².